The predicted molar refractivity (Wildman–Crippen MR) is 69.6 cm³/mol. The van der Waals surface area contributed by atoms with Gasteiger partial charge in [0.1, 0.15) is 5.82 Å². The highest BCUT2D eigenvalue weighted by atomic mass is 19.4. The number of rotatable bonds is 3. The molecule has 1 aliphatic rings. The lowest BCUT2D eigenvalue weighted by molar-refractivity contribution is -0.146. The number of pyridine rings is 1. The molecule has 1 fully saturated rings. The number of aliphatic hydroxyl groups excluding tert-OH is 1. The monoisotopic (exact) mass is 289 g/mol. The molecular formula is C13H18F3N3O. The molecule has 1 saturated heterocycles. The van der Waals surface area contributed by atoms with E-state index < -0.39 is 12.7 Å². The largest absolute Gasteiger partial charge is 0.401 e. The van der Waals surface area contributed by atoms with Crippen LogP contribution in [0.25, 0.3) is 0 Å². The fourth-order valence-corrected chi connectivity index (χ4v) is 2.41. The first kappa shape index (κ1) is 15.1. The van der Waals surface area contributed by atoms with Gasteiger partial charge >= 0.3 is 6.18 Å². The normalized spacial score (nSPS) is 17.6. The van der Waals surface area contributed by atoms with E-state index in [4.69, 9.17) is 5.11 Å². The molecule has 0 saturated carbocycles. The Bertz CT molecular complexity index is 457. The van der Waals surface area contributed by atoms with E-state index in [0.717, 1.165) is 16.9 Å². The SMILES string of the molecule is Cc1cc(CO)cnc1N1CCN(CC(F)(F)F)CC1. The molecule has 2 rings (SSSR count). The lowest BCUT2D eigenvalue weighted by atomic mass is 10.2. The van der Waals surface area contributed by atoms with Gasteiger partial charge in [0.05, 0.1) is 13.2 Å². The van der Waals surface area contributed by atoms with E-state index in [9.17, 15) is 13.2 Å². The van der Waals surface area contributed by atoms with E-state index in [1.807, 2.05) is 17.9 Å². The van der Waals surface area contributed by atoms with Crippen molar-refractivity contribution in [2.45, 2.75) is 19.7 Å². The smallest absolute Gasteiger partial charge is 0.392 e. The molecule has 2 heterocycles. The maximum absolute atomic E-state index is 12.3. The molecule has 1 aromatic rings. The Morgan fingerprint density at radius 3 is 2.40 bits per heavy atom. The minimum atomic E-state index is -4.14. The summed E-state index contributed by atoms with van der Waals surface area (Å²) in [5, 5.41) is 9.04. The molecule has 1 aliphatic heterocycles. The van der Waals surface area contributed by atoms with Crippen LogP contribution >= 0.6 is 0 Å². The molecule has 0 spiro atoms. The molecule has 0 amide bonds. The summed E-state index contributed by atoms with van der Waals surface area (Å²) in [5.41, 5.74) is 1.67. The van der Waals surface area contributed by atoms with Gasteiger partial charge in [0.2, 0.25) is 0 Å². The van der Waals surface area contributed by atoms with Crippen LogP contribution in [-0.4, -0.2) is 53.9 Å². The number of piperazine rings is 1. The van der Waals surface area contributed by atoms with Gasteiger partial charge in [-0.3, -0.25) is 4.90 Å². The first-order valence-corrected chi connectivity index (χ1v) is 6.49. The highest BCUT2D eigenvalue weighted by Crippen LogP contribution is 2.22. The molecule has 7 heteroatoms. The zero-order valence-corrected chi connectivity index (χ0v) is 11.3. The number of aryl methyl sites for hydroxylation is 1. The van der Waals surface area contributed by atoms with Crippen molar-refractivity contribution in [1.29, 1.82) is 0 Å². The Morgan fingerprint density at radius 2 is 1.90 bits per heavy atom. The fourth-order valence-electron chi connectivity index (χ4n) is 2.41. The van der Waals surface area contributed by atoms with E-state index in [1.54, 1.807) is 6.20 Å². The Morgan fingerprint density at radius 1 is 1.25 bits per heavy atom. The van der Waals surface area contributed by atoms with E-state index in [2.05, 4.69) is 4.98 Å². The molecule has 4 nitrogen and oxygen atoms in total. The van der Waals surface area contributed by atoms with Crippen LogP contribution in [0.2, 0.25) is 0 Å². The molecule has 0 atom stereocenters. The van der Waals surface area contributed by atoms with Crippen LogP contribution in [0.4, 0.5) is 19.0 Å². The topological polar surface area (TPSA) is 39.6 Å². The van der Waals surface area contributed by atoms with Gasteiger partial charge in [-0.25, -0.2) is 4.98 Å². The van der Waals surface area contributed by atoms with Crippen molar-refractivity contribution in [3.8, 4) is 0 Å². The summed E-state index contributed by atoms with van der Waals surface area (Å²) in [4.78, 5) is 7.70. The van der Waals surface area contributed by atoms with Crippen LogP contribution in [0.3, 0.4) is 0 Å². The van der Waals surface area contributed by atoms with Crippen molar-refractivity contribution in [2.24, 2.45) is 0 Å². The molecule has 0 aromatic carbocycles. The lowest BCUT2D eigenvalue weighted by Gasteiger charge is -2.36. The second kappa shape index (κ2) is 5.97. The van der Waals surface area contributed by atoms with Gasteiger partial charge in [0.25, 0.3) is 0 Å². The second-order valence-corrected chi connectivity index (χ2v) is 5.02. The third kappa shape index (κ3) is 3.83. The summed E-state index contributed by atoms with van der Waals surface area (Å²) in [5.74, 6) is 0.786. The number of anilines is 1. The average molecular weight is 289 g/mol. The first-order valence-electron chi connectivity index (χ1n) is 6.49. The number of hydrogen-bond donors (Lipinski definition) is 1. The molecule has 0 bridgehead atoms. The number of hydrogen-bond acceptors (Lipinski definition) is 4. The van der Waals surface area contributed by atoms with Gasteiger partial charge in [-0.15, -0.1) is 0 Å². The van der Waals surface area contributed by atoms with E-state index >= 15 is 0 Å². The molecule has 0 radical (unpaired) electrons. The van der Waals surface area contributed by atoms with Crippen molar-refractivity contribution in [2.75, 3.05) is 37.6 Å². The van der Waals surface area contributed by atoms with E-state index in [0.29, 0.717) is 26.2 Å². The third-order valence-corrected chi connectivity index (χ3v) is 3.36. The summed E-state index contributed by atoms with van der Waals surface area (Å²) in [6.07, 6.45) is -2.54. The van der Waals surface area contributed by atoms with Crippen LogP contribution < -0.4 is 4.90 Å². The summed E-state index contributed by atoms with van der Waals surface area (Å²) >= 11 is 0. The third-order valence-electron chi connectivity index (χ3n) is 3.36. The van der Waals surface area contributed by atoms with Gasteiger partial charge < -0.3 is 10.0 Å². The van der Waals surface area contributed by atoms with Crippen molar-refractivity contribution in [3.05, 3.63) is 23.4 Å². The zero-order chi connectivity index (χ0) is 14.8. The van der Waals surface area contributed by atoms with Crippen molar-refractivity contribution in [1.82, 2.24) is 9.88 Å². The van der Waals surface area contributed by atoms with E-state index in [-0.39, 0.29) is 6.61 Å². The highest BCUT2D eigenvalue weighted by Gasteiger charge is 2.32. The number of nitrogens with zero attached hydrogens (tertiary/aromatic N) is 3. The summed E-state index contributed by atoms with van der Waals surface area (Å²) in [6.45, 7) is 2.79. The molecule has 1 aromatic heterocycles. The van der Waals surface area contributed by atoms with Crippen molar-refractivity contribution >= 4 is 5.82 Å². The van der Waals surface area contributed by atoms with Gasteiger partial charge in [0, 0.05) is 32.4 Å². The van der Waals surface area contributed by atoms with Gasteiger partial charge in [-0.05, 0) is 24.1 Å². The quantitative estimate of drug-likeness (QED) is 0.917. The molecule has 1 N–H and O–H groups in total. The lowest BCUT2D eigenvalue weighted by Crippen LogP contribution is -2.49. The first-order chi connectivity index (χ1) is 9.39. The molecule has 20 heavy (non-hydrogen) atoms. The summed E-state index contributed by atoms with van der Waals surface area (Å²) < 4.78 is 36.9. The van der Waals surface area contributed by atoms with Crippen LogP contribution in [0.1, 0.15) is 11.1 Å². The maximum Gasteiger partial charge on any atom is 0.401 e. The Labute approximate surface area is 115 Å². The number of aliphatic hydroxyl groups is 1. The zero-order valence-electron chi connectivity index (χ0n) is 11.3. The fraction of sp³-hybridized carbons (Fsp3) is 0.615. The average Bonchev–Trinajstić information content (AvgIpc) is 2.38. The standard InChI is InChI=1S/C13H18F3N3O/c1-10-6-11(8-20)7-17-12(10)19-4-2-18(3-5-19)9-13(14,15)16/h6-7,20H,2-5,8-9H2,1H3. The predicted octanol–water partition coefficient (Wildman–Crippen LogP) is 1.57. The molecular weight excluding hydrogens is 271 g/mol. The minimum Gasteiger partial charge on any atom is -0.392 e. The molecule has 112 valence electrons. The van der Waals surface area contributed by atoms with E-state index in [1.165, 1.54) is 4.90 Å². The summed E-state index contributed by atoms with van der Waals surface area (Å²) in [6, 6.07) is 1.85. The molecule has 0 unspecified atom stereocenters. The number of alkyl halides is 3. The van der Waals surface area contributed by atoms with Crippen molar-refractivity contribution < 1.29 is 18.3 Å². The minimum absolute atomic E-state index is 0.0620. The van der Waals surface area contributed by atoms with Crippen LogP contribution in [0.5, 0.6) is 0 Å². The van der Waals surface area contributed by atoms with Crippen molar-refractivity contribution in [3.63, 3.8) is 0 Å². The van der Waals surface area contributed by atoms with Crippen LogP contribution in [0.15, 0.2) is 12.3 Å². The highest BCUT2D eigenvalue weighted by molar-refractivity contribution is 5.47. The van der Waals surface area contributed by atoms with Gasteiger partial charge in [-0.2, -0.15) is 13.2 Å². The second-order valence-electron chi connectivity index (χ2n) is 5.02. The Kier molecular flexibility index (Phi) is 4.49. The molecule has 0 aliphatic carbocycles. The van der Waals surface area contributed by atoms with Gasteiger partial charge in [0.15, 0.2) is 0 Å². The Hall–Kier alpha value is -1.34. The summed E-state index contributed by atoms with van der Waals surface area (Å²) in [7, 11) is 0. The number of aromatic nitrogens is 1. The van der Waals surface area contributed by atoms with Crippen LogP contribution in [0, 0.1) is 6.92 Å². The Balaban J connectivity index is 1.97. The number of halogens is 3. The van der Waals surface area contributed by atoms with Crippen LogP contribution in [-0.2, 0) is 6.61 Å². The van der Waals surface area contributed by atoms with Gasteiger partial charge in [-0.1, -0.05) is 0 Å². The maximum atomic E-state index is 12.3.